The molecule has 1 heterocycles. The molecule has 1 aliphatic heterocycles. The average Bonchev–Trinajstić information content (AvgIpc) is 2.40. The summed E-state index contributed by atoms with van der Waals surface area (Å²) in [6.45, 7) is 0. The monoisotopic (exact) mass is 304 g/mol. The van der Waals surface area contributed by atoms with Crippen LogP contribution in [0.15, 0.2) is 32.5 Å². The first-order valence-corrected chi connectivity index (χ1v) is 7.97. The number of hydrogen-bond acceptors (Lipinski definition) is 3. The summed E-state index contributed by atoms with van der Waals surface area (Å²) in [7, 11) is -3.25. The average molecular weight is 305 g/mol. The van der Waals surface area contributed by atoms with Gasteiger partial charge in [-0.2, -0.15) is 11.8 Å². The SMILES string of the molecule is CSCC1=Cc2cccc(Br)c2S1(=O)=O. The van der Waals surface area contributed by atoms with Gasteiger partial charge in [0.2, 0.25) is 9.84 Å². The highest BCUT2D eigenvalue weighted by atomic mass is 79.9. The van der Waals surface area contributed by atoms with Crippen LogP contribution in [0.4, 0.5) is 0 Å². The summed E-state index contributed by atoms with van der Waals surface area (Å²) in [5, 5.41) is 0. The van der Waals surface area contributed by atoms with Crippen molar-refractivity contribution in [2.24, 2.45) is 0 Å². The highest BCUT2D eigenvalue weighted by Crippen LogP contribution is 2.38. The maximum atomic E-state index is 12.1. The Labute approximate surface area is 102 Å². The number of sulfone groups is 1. The van der Waals surface area contributed by atoms with Gasteiger partial charge in [0.25, 0.3) is 0 Å². The van der Waals surface area contributed by atoms with E-state index in [-0.39, 0.29) is 0 Å². The second-order valence-electron chi connectivity index (χ2n) is 3.21. The smallest absolute Gasteiger partial charge is 0.205 e. The van der Waals surface area contributed by atoms with E-state index in [1.54, 1.807) is 12.1 Å². The highest BCUT2D eigenvalue weighted by Gasteiger charge is 2.30. The van der Waals surface area contributed by atoms with Crippen molar-refractivity contribution < 1.29 is 8.42 Å². The molecule has 0 amide bonds. The molecule has 15 heavy (non-hydrogen) atoms. The number of benzene rings is 1. The fourth-order valence-electron chi connectivity index (χ4n) is 1.57. The molecule has 1 aromatic rings. The Morgan fingerprint density at radius 1 is 1.40 bits per heavy atom. The molecule has 0 saturated heterocycles. The summed E-state index contributed by atoms with van der Waals surface area (Å²) in [6.07, 6.45) is 3.65. The minimum atomic E-state index is -3.25. The Hall–Kier alpha value is -0.260. The summed E-state index contributed by atoms with van der Waals surface area (Å²) < 4.78 is 24.8. The van der Waals surface area contributed by atoms with E-state index in [1.165, 1.54) is 11.8 Å². The molecule has 2 nitrogen and oxygen atoms in total. The normalized spacial score (nSPS) is 17.3. The molecule has 80 valence electrons. The predicted molar refractivity (Wildman–Crippen MR) is 67.7 cm³/mol. The van der Waals surface area contributed by atoms with Crippen molar-refractivity contribution in [1.29, 1.82) is 0 Å². The van der Waals surface area contributed by atoms with Gasteiger partial charge in [-0.15, -0.1) is 0 Å². The number of halogens is 1. The maximum absolute atomic E-state index is 12.1. The van der Waals surface area contributed by atoms with Gasteiger partial charge in [0.15, 0.2) is 0 Å². The molecule has 1 aliphatic rings. The Kier molecular flexibility index (Phi) is 2.96. The minimum Gasteiger partial charge on any atom is -0.219 e. The fraction of sp³-hybridized carbons (Fsp3) is 0.200. The van der Waals surface area contributed by atoms with Crippen LogP contribution in [-0.2, 0) is 9.84 Å². The molecule has 0 aliphatic carbocycles. The molecule has 0 spiro atoms. The lowest BCUT2D eigenvalue weighted by atomic mass is 10.2. The standard InChI is InChI=1S/C10H9BrO2S2/c1-14-6-8-5-7-3-2-4-9(11)10(7)15(8,12)13/h2-5H,6H2,1H3. The van der Waals surface area contributed by atoms with Gasteiger partial charge in [0, 0.05) is 10.2 Å². The number of fused-ring (bicyclic) bond motifs is 1. The summed E-state index contributed by atoms with van der Waals surface area (Å²) in [4.78, 5) is 0.908. The van der Waals surface area contributed by atoms with E-state index < -0.39 is 9.84 Å². The van der Waals surface area contributed by atoms with Crippen LogP contribution in [0.1, 0.15) is 5.56 Å². The summed E-state index contributed by atoms with van der Waals surface area (Å²) in [6, 6.07) is 5.42. The van der Waals surface area contributed by atoms with E-state index in [2.05, 4.69) is 15.9 Å². The van der Waals surface area contributed by atoms with Crippen LogP contribution < -0.4 is 0 Å². The topological polar surface area (TPSA) is 34.1 Å². The van der Waals surface area contributed by atoms with E-state index in [0.29, 0.717) is 20.0 Å². The van der Waals surface area contributed by atoms with Crippen LogP contribution in [0.3, 0.4) is 0 Å². The first-order chi connectivity index (χ1) is 7.07. The number of hydrogen-bond donors (Lipinski definition) is 0. The van der Waals surface area contributed by atoms with E-state index in [4.69, 9.17) is 0 Å². The van der Waals surface area contributed by atoms with Crippen molar-refractivity contribution in [1.82, 2.24) is 0 Å². The Morgan fingerprint density at radius 3 is 2.73 bits per heavy atom. The van der Waals surface area contributed by atoms with Crippen LogP contribution in [0.25, 0.3) is 6.08 Å². The van der Waals surface area contributed by atoms with Crippen LogP contribution in [0.2, 0.25) is 0 Å². The first-order valence-electron chi connectivity index (χ1n) is 4.30. The molecule has 0 fully saturated rings. The summed E-state index contributed by atoms with van der Waals surface area (Å²) in [5.41, 5.74) is 0.786. The lowest BCUT2D eigenvalue weighted by Gasteiger charge is -2.03. The second kappa shape index (κ2) is 3.96. The summed E-state index contributed by atoms with van der Waals surface area (Å²) >= 11 is 4.80. The van der Waals surface area contributed by atoms with Crippen LogP contribution in [0, 0.1) is 0 Å². The first kappa shape index (κ1) is 11.2. The van der Waals surface area contributed by atoms with Crippen molar-refractivity contribution in [3.05, 3.63) is 33.1 Å². The molecule has 0 radical (unpaired) electrons. The van der Waals surface area contributed by atoms with Gasteiger partial charge in [0.05, 0.1) is 9.80 Å². The van der Waals surface area contributed by atoms with Gasteiger partial charge in [-0.1, -0.05) is 12.1 Å². The molecule has 1 aromatic carbocycles. The minimum absolute atomic E-state index is 0.411. The number of rotatable bonds is 2. The Morgan fingerprint density at radius 2 is 2.13 bits per heavy atom. The Balaban J connectivity index is 2.64. The zero-order valence-corrected chi connectivity index (χ0v) is 11.2. The van der Waals surface area contributed by atoms with Gasteiger partial charge < -0.3 is 0 Å². The van der Waals surface area contributed by atoms with Crippen LogP contribution >= 0.6 is 27.7 Å². The van der Waals surface area contributed by atoms with Gasteiger partial charge in [0.1, 0.15) is 0 Å². The molecule has 5 heteroatoms. The molecule has 0 saturated carbocycles. The number of thioether (sulfide) groups is 1. The van der Waals surface area contributed by atoms with E-state index in [0.717, 1.165) is 5.56 Å². The van der Waals surface area contributed by atoms with Crippen molar-refractivity contribution in [3.8, 4) is 0 Å². The molecule has 0 atom stereocenters. The van der Waals surface area contributed by atoms with Gasteiger partial charge in [-0.05, 0) is 39.9 Å². The van der Waals surface area contributed by atoms with Crippen molar-refractivity contribution in [2.75, 3.05) is 12.0 Å². The zero-order chi connectivity index (χ0) is 11.1. The van der Waals surface area contributed by atoms with Crippen LogP contribution in [-0.4, -0.2) is 20.4 Å². The predicted octanol–water partition coefficient (Wildman–Crippen LogP) is 2.94. The van der Waals surface area contributed by atoms with E-state index >= 15 is 0 Å². The maximum Gasteiger partial charge on any atom is 0.205 e. The molecule has 0 unspecified atom stereocenters. The van der Waals surface area contributed by atoms with E-state index in [9.17, 15) is 8.42 Å². The Bertz CT molecular complexity index is 532. The van der Waals surface area contributed by atoms with Gasteiger partial charge in [-0.3, -0.25) is 0 Å². The quantitative estimate of drug-likeness (QED) is 0.842. The largest absolute Gasteiger partial charge is 0.219 e. The lowest BCUT2D eigenvalue weighted by molar-refractivity contribution is 0.603. The zero-order valence-electron chi connectivity index (χ0n) is 8.03. The molecule has 0 N–H and O–H groups in total. The summed E-state index contributed by atoms with van der Waals surface area (Å²) in [5.74, 6) is 0.531. The molecular weight excluding hydrogens is 296 g/mol. The van der Waals surface area contributed by atoms with Crippen molar-refractivity contribution >= 4 is 43.6 Å². The van der Waals surface area contributed by atoms with Gasteiger partial charge >= 0.3 is 0 Å². The van der Waals surface area contributed by atoms with Gasteiger partial charge in [-0.25, -0.2) is 8.42 Å². The molecule has 0 bridgehead atoms. The lowest BCUT2D eigenvalue weighted by Crippen LogP contribution is -2.03. The third kappa shape index (κ3) is 1.77. The molecule has 2 rings (SSSR count). The van der Waals surface area contributed by atoms with Crippen molar-refractivity contribution in [3.63, 3.8) is 0 Å². The fourth-order valence-corrected chi connectivity index (χ4v) is 5.24. The molecular formula is C10H9BrO2S2. The van der Waals surface area contributed by atoms with Crippen molar-refractivity contribution in [2.45, 2.75) is 4.90 Å². The third-order valence-corrected chi connectivity index (χ3v) is 5.87. The molecule has 0 aromatic heterocycles. The second-order valence-corrected chi connectivity index (χ2v) is 6.87. The van der Waals surface area contributed by atoms with Crippen LogP contribution in [0.5, 0.6) is 0 Å². The third-order valence-electron chi connectivity index (χ3n) is 2.21. The highest BCUT2D eigenvalue weighted by molar-refractivity contribution is 9.10. The van der Waals surface area contributed by atoms with E-state index in [1.807, 2.05) is 18.4 Å².